The highest BCUT2D eigenvalue weighted by atomic mass is 32.1. The SMILES string of the molecule is Cc1ccc(-c2nc(C)sc2CC(=O)N[C@@H](C)C2CC2)cc1. The summed E-state index contributed by atoms with van der Waals surface area (Å²) >= 11 is 1.62. The maximum Gasteiger partial charge on any atom is 0.225 e. The van der Waals surface area contributed by atoms with Crippen LogP contribution in [-0.4, -0.2) is 16.9 Å². The van der Waals surface area contributed by atoms with Crippen molar-refractivity contribution in [1.29, 1.82) is 0 Å². The van der Waals surface area contributed by atoms with E-state index < -0.39 is 0 Å². The average Bonchev–Trinajstić information content (AvgIpc) is 3.25. The first-order valence-corrected chi connectivity index (χ1v) is 8.67. The Balaban J connectivity index is 1.75. The molecule has 1 aromatic heterocycles. The smallest absolute Gasteiger partial charge is 0.225 e. The van der Waals surface area contributed by atoms with Gasteiger partial charge in [0.25, 0.3) is 0 Å². The van der Waals surface area contributed by atoms with Gasteiger partial charge in [0.05, 0.1) is 17.1 Å². The largest absolute Gasteiger partial charge is 0.353 e. The van der Waals surface area contributed by atoms with Crippen molar-refractivity contribution in [2.45, 2.75) is 46.1 Å². The Morgan fingerprint density at radius 2 is 2.00 bits per heavy atom. The van der Waals surface area contributed by atoms with E-state index in [9.17, 15) is 4.79 Å². The van der Waals surface area contributed by atoms with Gasteiger partial charge in [0.1, 0.15) is 0 Å². The standard InChI is InChI=1S/C18H22N2OS/c1-11-4-6-15(7-5-11)18-16(22-13(3)20-18)10-17(21)19-12(2)14-8-9-14/h4-7,12,14H,8-10H2,1-3H3,(H,19,21)/t12-/m0/s1. The number of nitrogens with zero attached hydrogens (tertiary/aromatic N) is 1. The second-order valence-electron chi connectivity index (χ2n) is 6.24. The molecule has 116 valence electrons. The van der Waals surface area contributed by atoms with Crippen molar-refractivity contribution in [2.75, 3.05) is 0 Å². The van der Waals surface area contributed by atoms with Crippen LogP contribution in [0.4, 0.5) is 0 Å². The Morgan fingerprint density at radius 1 is 1.32 bits per heavy atom. The van der Waals surface area contributed by atoms with Gasteiger partial charge < -0.3 is 5.32 Å². The number of thiazole rings is 1. The van der Waals surface area contributed by atoms with E-state index in [2.05, 4.69) is 48.4 Å². The van der Waals surface area contributed by atoms with Crippen LogP contribution in [0.3, 0.4) is 0 Å². The van der Waals surface area contributed by atoms with E-state index in [0.717, 1.165) is 21.1 Å². The summed E-state index contributed by atoms with van der Waals surface area (Å²) < 4.78 is 0. The summed E-state index contributed by atoms with van der Waals surface area (Å²) in [4.78, 5) is 18.0. The predicted octanol–water partition coefficient (Wildman–Crippen LogP) is 3.88. The molecule has 0 spiro atoms. The number of carbonyl (C=O) groups is 1. The van der Waals surface area contributed by atoms with Crippen molar-refractivity contribution in [3.8, 4) is 11.3 Å². The predicted molar refractivity (Wildman–Crippen MR) is 91.1 cm³/mol. The van der Waals surface area contributed by atoms with E-state index in [-0.39, 0.29) is 5.91 Å². The highest BCUT2D eigenvalue weighted by Gasteiger charge is 2.29. The number of aryl methyl sites for hydroxylation is 2. The van der Waals surface area contributed by atoms with Gasteiger partial charge in [-0.1, -0.05) is 29.8 Å². The summed E-state index contributed by atoms with van der Waals surface area (Å²) in [5, 5.41) is 4.14. The molecule has 0 radical (unpaired) electrons. The van der Waals surface area contributed by atoms with Crippen LogP contribution in [0.1, 0.15) is 35.2 Å². The number of rotatable bonds is 5. The van der Waals surface area contributed by atoms with E-state index in [1.165, 1.54) is 18.4 Å². The van der Waals surface area contributed by atoms with E-state index >= 15 is 0 Å². The van der Waals surface area contributed by atoms with E-state index in [1.54, 1.807) is 11.3 Å². The van der Waals surface area contributed by atoms with Gasteiger partial charge in [-0.2, -0.15) is 0 Å². The third-order valence-corrected chi connectivity index (χ3v) is 5.14. The number of amides is 1. The molecule has 2 aromatic rings. The third kappa shape index (κ3) is 3.55. The second kappa shape index (κ2) is 6.21. The lowest BCUT2D eigenvalue weighted by Gasteiger charge is -2.12. The van der Waals surface area contributed by atoms with Crippen molar-refractivity contribution >= 4 is 17.2 Å². The first-order chi connectivity index (χ1) is 10.5. The molecular formula is C18H22N2OS. The zero-order valence-electron chi connectivity index (χ0n) is 13.3. The van der Waals surface area contributed by atoms with Crippen molar-refractivity contribution in [3.05, 3.63) is 39.7 Å². The lowest BCUT2D eigenvalue weighted by Crippen LogP contribution is -2.34. The van der Waals surface area contributed by atoms with Crippen LogP contribution < -0.4 is 5.32 Å². The molecule has 1 N–H and O–H groups in total. The Labute approximate surface area is 135 Å². The van der Waals surface area contributed by atoms with Crippen molar-refractivity contribution < 1.29 is 4.79 Å². The van der Waals surface area contributed by atoms with E-state index in [1.807, 2.05) is 6.92 Å². The van der Waals surface area contributed by atoms with Crippen LogP contribution in [0.15, 0.2) is 24.3 Å². The molecule has 3 nitrogen and oxygen atoms in total. The van der Waals surface area contributed by atoms with Crippen LogP contribution in [-0.2, 0) is 11.2 Å². The molecule has 22 heavy (non-hydrogen) atoms. The fraction of sp³-hybridized carbons (Fsp3) is 0.444. The second-order valence-corrected chi connectivity index (χ2v) is 7.53. The van der Waals surface area contributed by atoms with Crippen LogP contribution in [0.5, 0.6) is 0 Å². The van der Waals surface area contributed by atoms with Gasteiger partial charge in [-0.05, 0) is 39.5 Å². The van der Waals surface area contributed by atoms with Gasteiger partial charge >= 0.3 is 0 Å². The molecule has 0 bridgehead atoms. The molecule has 4 heteroatoms. The number of hydrogen-bond donors (Lipinski definition) is 1. The van der Waals surface area contributed by atoms with Crippen molar-refractivity contribution in [2.24, 2.45) is 5.92 Å². The molecule has 1 atom stereocenters. The first kappa shape index (κ1) is 15.2. The highest BCUT2D eigenvalue weighted by molar-refractivity contribution is 7.12. The van der Waals surface area contributed by atoms with Crippen molar-refractivity contribution in [3.63, 3.8) is 0 Å². The molecule has 1 aliphatic carbocycles. The molecule has 1 aliphatic rings. The fourth-order valence-corrected chi connectivity index (χ4v) is 3.65. The van der Waals surface area contributed by atoms with Crippen molar-refractivity contribution in [1.82, 2.24) is 10.3 Å². The summed E-state index contributed by atoms with van der Waals surface area (Å²) in [5.41, 5.74) is 3.28. The summed E-state index contributed by atoms with van der Waals surface area (Å²) in [6, 6.07) is 8.63. The van der Waals surface area contributed by atoms with Gasteiger partial charge in [0, 0.05) is 16.5 Å². The molecule has 1 amide bonds. The zero-order chi connectivity index (χ0) is 15.7. The zero-order valence-corrected chi connectivity index (χ0v) is 14.2. The van der Waals surface area contributed by atoms with Crippen LogP contribution in [0.25, 0.3) is 11.3 Å². The normalized spacial score (nSPS) is 15.6. The molecule has 1 aromatic carbocycles. The molecule has 0 aliphatic heterocycles. The fourth-order valence-electron chi connectivity index (χ4n) is 2.69. The Kier molecular flexibility index (Phi) is 4.30. The maximum absolute atomic E-state index is 12.3. The lowest BCUT2D eigenvalue weighted by atomic mass is 10.1. The monoisotopic (exact) mass is 314 g/mol. The minimum absolute atomic E-state index is 0.108. The van der Waals surface area contributed by atoms with Gasteiger partial charge in [0.15, 0.2) is 0 Å². The minimum atomic E-state index is 0.108. The highest BCUT2D eigenvalue weighted by Crippen LogP contribution is 2.33. The molecule has 0 saturated heterocycles. The van der Waals surface area contributed by atoms with Gasteiger partial charge in [0.2, 0.25) is 5.91 Å². The molecule has 1 fully saturated rings. The van der Waals surface area contributed by atoms with E-state index in [4.69, 9.17) is 0 Å². The third-order valence-electron chi connectivity index (χ3n) is 4.17. The topological polar surface area (TPSA) is 42.0 Å². The Morgan fingerprint density at radius 3 is 2.64 bits per heavy atom. The minimum Gasteiger partial charge on any atom is -0.353 e. The number of hydrogen-bond acceptors (Lipinski definition) is 3. The van der Waals surface area contributed by atoms with Crippen LogP contribution in [0, 0.1) is 19.8 Å². The van der Waals surface area contributed by atoms with Gasteiger partial charge in [-0.15, -0.1) is 11.3 Å². The number of nitrogens with one attached hydrogen (secondary N) is 1. The van der Waals surface area contributed by atoms with Gasteiger partial charge in [-0.25, -0.2) is 4.98 Å². The number of benzene rings is 1. The summed E-state index contributed by atoms with van der Waals surface area (Å²) in [5.74, 6) is 0.792. The molecule has 1 saturated carbocycles. The molecule has 0 unspecified atom stereocenters. The Hall–Kier alpha value is -1.68. The number of aromatic nitrogens is 1. The van der Waals surface area contributed by atoms with E-state index in [0.29, 0.717) is 18.4 Å². The summed E-state index contributed by atoms with van der Waals surface area (Å²) in [7, 11) is 0. The quantitative estimate of drug-likeness (QED) is 0.910. The molecule has 1 heterocycles. The number of carbonyl (C=O) groups excluding carboxylic acids is 1. The Bertz CT molecular complexity index is 671. The summed E-state index contributed by atoms with van der Waals surface area (Å²) in [6.45, 7) is 6.18. The molecule has 3 rings (SSSR count). The first-order valence-electron chi connectivity index (χ1n) is 7.85. The van der Waals surface area contributed by atoms with Crippen LogP contribution >= 0.6 is 11.3 Å². The summed E-state index contributed by atoms with van der Waals surface area (Å²) in [6.07, 6.45) is 2.91. The lowest BCUT2D eigenvalue weighted by molar-refractivity contribution is -0.121. The molecular weight excluding hydrogens is 292 g/mol. The van der Waals surface area contributed by atoms with Gasteiger partial charge in [-0.3, -0.25) is 4.79 Å². The van der Waals surface area contributed by atoms with Crippen LogP contribution in [0.2, 0.25) is 0 Å². The average molecular weight is 314 g/mol. The maximum atomic E-state index is 12.3.